The van der Waals surface area contributed by atoms with Crippen LogP contribution >= 0.6 is 0 Å². The van der Waals surface area contributed by atoms with Crippen molar-refractivity contribution in [2.24, 2.45) is 17.3 Å². The summed E-state index contributed by atoms with van der Waals surface area (Å²) in [4.78, 5) is 12.2. The normalized spacial score (nSPS) is 35.8. The van der Waals surface area contributed by atoms with Crippen LogP contribution in [-0.2, 0) is 4.79 Å². The van der Waals surface area contributed by atoms with Crippen LogP contribution in [0.4, 0.5) is 0 Å². The van der Waals surface area contributed by atoms with Crippen molar-refractivity contribution in [2.75, 3.05) is 6.61 Å². The van der Waals surface area contributed by atoms with E-state index in [0.717, 1.165) is 38.5 Å². The van der Waals surface area contributed by atoms with Gasteiger partial charge in [-0.3, -0.25) is 4.79 Å². The highest BCUT2D eigenvalue weighted by atomic mass is 28.3. The van der Waals surface area contributed by atoms with E-state index in [1.807, 2.05) is 12.2 Å². The molecule has 2 fully saturated rings. The molecule has 0 unspecified atom stereocenters. The third-order valence-electron chi connectivity index (χ3n) is 9.63. The lowest BCUT2D eigenvalue weighted by molar-refractivity contribution is -0.114. The fraction of sp³-hybridized carbons (Fsp3) is 0.567. The molecule has 0 aromatic heterocycles. The second kappa shape index (κ2) is 8.43. The average Bonchev–Trinajstić information content (AvgIpc) is 3.07. The highest BCUT2D eigenvalue weighted by Crippen LogP contribution is 2.67. The summed E-state index contributed by atoms with van der Waals surface area (Å²) in [5.41, 5.74) is 4.55. The van der Waals surface area contributed by atoms with Crippen LogP contribution < -0.4 is 5.19 Å². The summed E-state index contributed by atoms with van der Waals surface area (Å²) >= 11 is 0. The lowest BCUT2D eigenvalue weighted by Crippen LogP contribution is -2.50. The second-order valence-electron chi connectivity index (χ2n) is 12.4. The van der Waals surface area contributed by atoms with E-state index in [1.165, 1.54) is 21.9 Å². The topological polar surface area (TPSA) is 57.5 Å². The number of ketones is 1. The minimum atomic E-state index is -1.38. The van der Waals surface area contributed by atoms with Crippen molar-refractivity contribution in [1.29, 1.82) is 0 Å². The predicted octanol–water partition coefficient (Wildman–Crippen LogP) is 5.41. The molecule has 5 atom stereocenters. The summed E-state index contributed by atoms with van der Waals surface area (Å²) in [6, 6.07) is 9.37. The van der Waals surface area contributed by atoms with E-state index in [4.69, 9.17) is 0 Å². The van der Waals surface area contributed by atoms with Crippen molar-refractivity contribution in [2.45, 2.75) is 83.0 Å². The summed E-state index contributed by atoms with van der Waals surface area (Å²) in [6.45, 7) is 9.42. The molecule has 34 heavy (non-hydrogen) atoms. The minimum absolute atomic E-state index is 0.0362. The number of hydrogen-bond acceptors (Lipinski definition) is 3. The van der Waals surface area contributed by atoms with Crippen molar-refractivity contribution >= 4 is 19.0 Å². The van der Waals surface area contributed by atoms with Crippen LogP contribution in [-0.4, -0.2) is 36.3 Å². The Hall–Kier alpha value is -1.75. The molecule has 0 amide bonds. The molecule has 2 N–H and O–H groups in total. The standard InChI is InChI=1S/C30H40O3Si/c1-29-19-26(20-6-10-23(11-7-20)34(2,3)4)28-24-13-9-22(32)18-21(24)8-12-25(28)27(29)14-16-30(29,33)15-5-17-31/h5-7,10-11,15,18,25-27,31,33H,8-9,12-14,16-17,19H2,1-4H3/b15-5-/t25-,26+,27-,29-,30-/m0/s1. The van der Waals surface area contributed by atoms with Crippen LogP contribution in [0.5, 0.6) is 0 Å². The third-order valence-corrected chi connectivity index (χ3v) is 11.7. The number of fused-ring (bicyclic) bond motifs is 4. The largest absolute Gasteiger partial charge is 0.392 e. The third kappa shape index (κ3) is 3.73. The van der Waals surface area contributed by atoms with Crippen molar-refractivity contribution in [3.63, 3.8) is 0 Å². The minimum Gasteiger partial charge on any atom is -0.392 e. The number of allylic oxidation sites excluding steroid dienone is 4. The van der Waals surface area contributed by atoms with Crippen molar-refractivity contribution in [3.05, 3.63) is 64.8 Å². The molecule has 0 radical (unpaired) electrons. The van der Waals surface area contributed by atoms with Crippen LogP contribution in [0.15, 0.2) is 59.2 Å². The second-order valence-corrected chi connectivity index (χ2v) is 17.5. The number of benzene rings is 1. The molecule has 0 bridgehead atoms. The first-order chi connectivity index (χ1) is 16.1. The van der Waals surface area contributed by atoms with Crippen molar-refractivity contribution < 1.29 is 15.0 Å². The fourth-order valence-corrected chi connectivity index (χ4v) is 8.90. The van der Waals surface area contributed by atoms with E-state index >= 15 is 0 Å². The Morgan fingerprint density at radius 3 is 2.50 bits per heavy atom. The Labute approximate surface area is 205 Å². The molecular formula is C30H40O3Si. The molecule has 4 aliphatic carbocycles. The molecule has 2 saturated carbocycles. The molecule has 1 aromatic carbocycles. The van der Waals surface area contributed by atoms with Crippen LogP contribution in [0.25, 0.3) is 0 Å². The molecule has 0 heterocycles. The molecule has 4 aliphatic rings. The SMILES string of the molecule is C[C@]12C[C@H](c3ccc([Si](C)(C)C)cc3)C3=C4CCC(=O)C=C4CC[C@H]3[C@@H]1CC[C@@]2(O)/C=C\CO. The van der Waals surface area contributed by atoms with Gasteiger partial charge in [0.1, 0.15) is 0 Å². The molecule has 182 valence electrons. The van der Waals surface area contributed by atoms with Gasteiger partial charge < -0.3 is 10.2 Å². The number of hydrogen-bond donors (Lipinski definition) is 2. The monoisotopic (exact) mass is 476 g/mol. The molecule has 4 heteroatoms. The number of aliphatic hydroxyl groups is 2. The van der Waals surface area contributed by atoms with Gasteiger partial charge in [-0.1, -0.05) is 73.7 Å². The molecule has 1 aromatic rings. The lowest BCUT2D eigenvalue weighted by atomic mass is 9.51. The maximum absolute atomic E-state index is 12.2. The van der Waals surface area contributed by atoms with Gasteiger partial charge in [0.25, 0.3) is 0 Å². The zero-order chi connectivity index (χ0) is 24.3. The highest BCUT2D eigenvalue weighted by Gasteiger charge is 2.61. The Kier molecular flexibility index (Phi) is 5.94. The van der Waals surface area contributed by atoms with Crippen LogP contribution in [0.3, 0.4) is 0 Å². The Balaban J connectivity index is 1.65. The number of aliphatic hydroxyl groups excluding tert-OH is 1. The molecule has 0 saturated heterocycles. The summed E-state index contributed by atoms with van der Waals surface area (Å²) < 4.78 is 0. The van der Waals surface area contributed by atoms with E-state index in [0.29, 0.717) is 18.3 Å². The van der Waals surface area contributed by atoms with Gasteiger partial charge in [0, 0.05) is 17.8 Å². The van der Waals surface area contributed by atoms with Crippen LogP contribution in [0.1, 0.15) is 63.4 Å². The Bertz CT molecular complexity index is 1070. The fourth-order valence-electron chi connectivity index (χ4n) is 7.73. The van der Waals surface area contributed by atoms with Gasteiger partial charge >= 0.3 is 0 Å². The first kappa shape index (κ1) is 24.0. The number of carbonyl (C=O) groups excluding carboxylic acids is 1. The van der Waals surface area contributed by atoms with Gasteiger partial charge in [-0.2, -0.15) is 0 Å². The average molecular weight is 477 g/mol. The van der Waals surface area contributed by atoms with E-state index < -0.39 is 13.7 Å². The van der Waals surface area contributed by atoms with Gasteiger partial charge in [0.05, 0.1) is 20.3 Å². The van der Waals surface area contributed by atoms with Gasteiger partial charge in [0.15, 0.2) is 5.78 Å². The van der Waals surface area contributed by atoms with Crippen molar-refractivity contribution in [3.8, 4) is 0 Å². The van der Waals surface area contributed by atoms with Crippen LogP contribution in [0.2, 0.25) is 19.6 Å². The summed E-state index contributed by atoms with van der Waals surface area (Å²) in [5, 5.41) is 22.8. The van der Waals surface area contributed by atoms with Gasteiger partial charge in [-0.25, -0.2) is 0 Å². The quantitative estimate of drug-likeness (QED) is 0.451. The Morgan fingerprint density at radius 2 is 1.82 bits per heavy atom. The number of carbonyl (C=O) groups is 1. The van der Waals surface area contributed by atoms with Crippen LogP contribution in [0, 0.1) is 17.3 Å². The zero-order valence-corrected chi connectivity index (χ0v) is 22.2. The van der Waals surface area contributed by atoms with E-state index in [2.05, 4.69) is 50.8 Å². The summed E-state index contributed by atoms with van der Waals surface area (Å²) in [6.07, 6.45) is 11.8. The van der Waals surface area contributed by atoms with Gasteiger partial charge in [0.2, 0.25) is 0 Å². The highest BCUT2D eigenvalue weighted by molar-refractivity contribution is 6.88. The molecular weight excluding hydrogens is 436 g/mol. The maximum atomic E-state index is 12.2. The van der Waals surface area contributed by atoms with E-state index in [-0.39, 0.29) is 23.7 Å². The predicted molar refractivity (Wildman–Crippen MR) is 141 cm³/mol. The maximum Gasteiger partial charge on any atom is 0.156 e. The lowest BCUT2D eigenvalue weighted by Gasteiger charge is -2.54. The summed E-state index contributed by atoms with van der Waals surface area (Å²) in [5.74, 6) is 1.43. The van der Waals surface area contributed by atoms with Gasteiger partial charge in [-0.15, -0.1) is 0 Å². The van der Waals surface area contributed by atoms with Crippen molar-refractivity contribution in [1.82, 2.24) is 0 Å². The summed E-state index contributed by atoms with van der Waals surface area (Å²) in [7, 11) is -1.38. The molecule has 5 rings (SSSR count). The Morgan fingerprint density at radius 1 is 1.09 bits per heavy atom. The van der Waals surface area contributed by atoms with Gasteiger partial charge in [-0.05, 0) is 73.1 Å². The van der Waals surface area contributed by atoms with E-state index in [9.17, 15) is 15.0 Å². The first-order valence-corrected chi connectivity index (χ1v) is 16.7. The number of rotatable bonds is 4. The zero-order valence-electron chi connectivity index (χ0n) is 21.2. The van der Waals surface area contributed by atoms with E-state index in [1.54, 1.807) is 11.6 Å². The molecule has 0 spiro atoms. The molecule has 0 aliphatic heterocycles. The molecule has 3 nitrogen and oxygen atoms in total. The first-order valence-electron chi connectivity index (χ1n) is 13.2. The smallest absolute Gasteiger partial charge is 0.156 e.